The number of nitrogens with one attached hydrogen (secondary N) is 1. The zero-order valence-corrected chi connectivity index (χ0v) is 13.3. The van der Waals surface area contributed by atoms with Crippen molar-refractivity contribution in [1.82, 2.24) is 19.6 Å². The highest BCUT2D eigenvalue weighted by molar-refractivity contribution is 5.54. The summed E-state index contributed by atoms with van der Waals surface area (Å²) in [5, 5.41) is 7.05. The Hall–Kier alpha value is -2.91. The Balaban J connectivity index is 1.85. The first-order valence-corrected chi connectivity index (χ1v) is 7.23. The van der Waals surface area contributed by atoms with Gasteiger partial charge in [0.1, 0.15) is 23.8 Å². The molecule has 0 amide bonds. The van der Waals surface area contributed by atoms with Gasteiger partial charge in [-0.25, -0.2) is 4.39 Å². The third-order valence-corrected chi connectivity index (χ3v) is 3.51. The highest BCUT2D eigenvalue weighted by Crippen LogP contribution is 2.31. The molecule has 0 saturated carbocycles. The van der Waals surface area contributed by atoms with E-state index in [-0.39, 0.29) is 6.54 Å². The van der Waals surface area contributed by atoms with Crippen molar-refractivity contribution in [3.8, 4) is 0 Å². The minimum atomic E-state index is -4.71. The van der Waals surface area contributed by atoms with Crippen molar-refractivity contribution in [3.63, 3.8) is 0 Å². The van der Waals surface area contributed by atoms with Gasteiger partial charge >= 0.3 is 6.18 Å². The molecule has 1 aromatic carbocycles. The molecular formula is C15H14F4N6. The lowest BCUT2D eigenvalue weighted by Crippen LogP contribution is -2.14. The lowest BCUT2D eigenvalue weighted by Gasteiger charge is -2.15. The van der Waals surface area contributed by atoms with Gasteiger partial charge in [-0.1, -0.05) is 6.07 Å². The van der Waals surface area contributed by atoms with Gasteiger partial charge in [-0.3, -0.25) is 0 Å². The summed E-state index contributed by atoms with van der Waals surface area (Å²) in [4.78, 5) is 10.1. The van der Waals surface area contributed by atoms with Crippen LogP contribution in [0.2, 0.25) is 0 Å². The number of hydrogen-bond acceptors (Lipinski definition) is 5. The second-order valence-electron chi connectivity index (χ2n) is 5.53. The third kappa shape index (κ3) is 3.47. The number of rotatable bonds is 4. The Morgan fingerprint density at radius 2 is 1.96 bits per heavy atom. The van der Waals surface area contributed by atoms with Crippen molar-refractivity contribution >= 4 is 17.4 Å². The zero-order chi connectivity index (χ0) is 18.2. The highest BCUT2D eigenvalue weighted by atomic mass is 19.4. The third-order valence-electron chi connectivity index (χ3n) is 3.51. The second kappa shape index (κ2) is 6.19. The zero-order valence-electron chi connectivity index (χ0n) is 13.3. The first-order valence-electron chi connectivity index (χ1n) is 7.23. The minimum Gasteiger partial charge on any atom is -0.366 e. The molecule has 0 unspecified atom stereocenters. The molecule has 0 aliphatic rings. The van der Waals surface area contributed by atoms with Crippen LogP contribution >= 0.6 is 0 Å². The van der Waals surface area contributed by atoms with E-state index in [1.54, 1.807) is 11.0 Å². The van der Waals surface area contributed by atoms with E-state index in [2.05, 4.69) is 20.4 Å². The predicted octanol–water partition coefficient (Wildman–Crippen LogP) is 2.96. The van der Waals surface area contributed by atoms with Crippen LogP contribution in [0.4, 0.5) is 29.2 Å². The molecule has 0 aliphatic carbocycles. The van der Waals surface area contributed by atoms with Gasteiger partial charge in [-0.05, 0) is 17.7 Å². The molecular weight excluding hydrogens is 340 g/mol. The average molecular weight is 354 g/mol. The lowest BCUT2D eigenvalue weighted by molar-refractivity contribution is -0.140. The normalized spacial score (nSPS) is 11.8. The summed E-state index contributed by atoms with van der Waals surface area (Å²) in [6.07, 6.45) is -3.38. The summed E-state index contributed by atoms with van der Waals surface area (Å²) < 4.78 is 52.9. The molecule has 0 radical (unpaired) electrons. The lowest BCUT2D eigenvalue weighted by atomic mass is 10.1. The molecule has 1 N–H and O–H groups in total. The number of halogens is 4. The maximum Gasteiger partial charge on any atom is 0.419 e. The van der Waals surface area contributed by atoms with E-state index in [1.165, 1.54) is 16.9 Å². The molecule has 0 saturated heterocycles. The van der Waals surface area contributed by atoms with Crippen molar-refractivity contribution in [2.24, 2.45) is 0 Å². The van der Waals surface area contributed by atoms with Crippen LogP contribution in [0.25, 0.3) is 5.78 Å². The van der Waals surface area contributed by atoms with Crippen molar-refractivity contribution in [1.29, 1.82) is 0 Å². The van der Waals surface area contributed by atoms with E-state index < -0.39 is 17.6 Å². The molecule has 0 fully saturated rings. The molecule has 0 aliphatic heterocycles. The van der Waals surface area contributed by atoms with Crippen molar-refractivity contribution in [2.45, 2.75) is 12.7 Å². The van der Waals surface area contributed by atoms with Crippen LogP contribution in [0.1, 0.15) is 11.1 Å². The maximum atomic E-state index is 13.7. The van der Waals surface area contributed by atoms with Crippen LogP contribution in [0.3, 0.4) is 0 Å². The Kier molecular flexibility index (Phi) is 4.19. The number of fused-ring (bicyclic) bond motifs is 1. The fourth-order valence-electron chi connectivity index (χ4n) is 2.25. The number of aromatic nitrogens is 4. The molecule has 25 heavy (non-hydrogen) atoms. The van der Waals surface area contributed by atoms with Gasteiger partial charge in [0.25, 0.3) is 5.78 Å². The van der Waals surface area contributed by atoms with E-state index in [9.17, 15) is 17.6 Å². The molecule has 2 aromatic heterocycles. The van der Waals surface area contributed by atoms with Gasteiger partial charge in [0.05, 0.1) is 5.56 Å². The molecule has 3 aromatic rings. The Bertz CT molecular complexity index is 903. The molecule has 132 valence electrons. The van der Waals surface area contributed by atoms with E-state index in [4.69, 9.17) is 0 Å². The highest BCUT2D eigenvalue weighted by Gasteiger charge is 2.33. The van der Waals surface area contributed by atoms with E-state index in [1.807, 2.05) is 14.1 Å². The van der Waals surface area contributed by atoms with Gasteiger partial charge in [-0.2, -0.15) is 32.8 Å². The van der Waals surface area contributed by atoms with Crippen LogP contribution in [0.5, 0.6) is 0 Å². The molecule has 0 bridgehead atoms. The fraction of sp³-hybridized carbons (Fsp3) is 0.267. The fourth-order valence-corrected chi connectivity index (χ4v) is 2.25. The van der Waals surface area contributed by atoms with Gasteiger partial charge < -0.3 is 10.2 Å². The average Bonchev–Trinajstić information content (AvgIpc) is 2.99. The van der Waals surface area contributed by atoms with Crippen molar-refractivity contribution in [3.05, 3.63) is 47.5 Å². The van der Waals surface area contributed by atoms with E-state index in [0.29, 0.717) is 23.0 Å². The predicted molar refractivity (Wildman–Crippen MR) is 83.8 cm³/mol. The van der Waals surface area contributed by atoms with E-state index >= 15 is 0 Å². The topological polar surface area (TPSA) is 58.4 Å². The molecule has 3 rings (SSSR count). The first-order chi connectivity index (χ1) is 11.8. The van der Waals surface area contributed by atoms with Gasteiger partial charge in [-0.15, -0.1) is 0 Å². The summed E-state index contributed by atoms with van der Waals surface area (Å²) in [6, 6.07) is 4.53. The number of benzene rings is 1. The van der Waals surface area contributed by atoms with Crippen molar-refractivity contribution in [2.75, 3.05) is 24.3 Å². The summed E-state index contributed by atoms with van der Waals surface area (Å²) in [5.41, 5.74) is -0.921. The van der Waals surface area contributed by atoms with Gasteiger partial charge in [0, 0.05) is 26.7 Å². The van der Waals surface area contributed by atoms with E-state index in [0.717, 1.165) is 12.1 Å². The summed E-state index contributed by atoms with van der Waals surface area (Å²) in [6.45, 7) is 0.112. The largest absolute Gasteiger partial charge is 0.419 e. The second-order valence-corrected chi connectivity index (χ2v) is 5.53. The first kappa shape index (κ1) is 16.9. The quantitative estimate of drug-likeness (QED) is 0.730. The summed E-state index contributed by atoms with van der Waals surface area (Å²) in [5.74, 6) is 0.224. The number of nitrogens with zero attached hydrogens (tertiary/aromatic N) is 5. The summed E-state index contributed by atoms with van der Waals surface area (Å²) in [7, 11) is 3.62. The molecule has 10 heteroatoms. The van der Waals surface area contributed by atoms with Crippen molar-refractivity contribution < 1.29 is 17.6 Å². The smallest absolute Gasteiger partial charge is 0.366 e. The van der Waals surface area contributed by atoms with Crippen LogP contribution in [-0.4, -0.2) is 33.7 Å². The maximum absolute atomic E-state index is 13.7. The molecule has 0 atom stereocenters. The molecule has 6 nitrogen and oxygen atoms in total. The number of hydrogen-bond donors (Lipinski definition) is 1. The standard InChI is InChI=1S/C15H14F4N6/c1-24(2)13-6-12(25-14(23-13)21-8-22-25)20-7-9-3-4-10(11(16)5-9)15(17,18)19/h3-6,8,20H,7H2,1-2H3. The Labute approximate surface area is 140 Å². The Morgan fingerprint density at radius 1 is 1.20 bits per heavy atom. The van der Waals surface area contributed by atoms with Crippen LogP contribution < -0.4 is 10.2 Å². The summed E-state index contributed by atoms with van der Waals surface area (Å²) >= 11 is 0. The van der Waals surface area contributed by atoms with Crippen LogP contribution in [-0.2, 0) is 12.7 Å². The molecule has 2 heterocycles. The number of anilines is 2. The Morgan fingerprint density at radius 3 is 2.60 bits per heavy atom. The number of alkyl halides is 3. The van der Waals surface area contributed by atoms with Crippen LogP contribution in [0.15, 0.2) is 30.6 Å². The van der Waals surface area contributed by atoms with Gasteiger partial charge in [0.15, 0.2) is 0 Å². The SMILES string of the molecule is CN(C)c1cc(NCc2ccc(C(F)(F)F)c(F)c2)n2ncnc2n1. The van der Waals surface area contributed by atoms with Crippen LogP contribution in [0, 0.1) is 5.82 Å². The van der Waals surface area contributed by atoms with Gasteiger partial charge in [0.2, 0.25) is 0 Å². The molecule has 0 spiro atoms. The monoisotopic (exact) mass is 354 g/mol. The minimum absolute atomic E-state index is 0.112.